The summed E-state index contributed by atoms with van der Waals surface area (Å²) < 4.78 is 0. The zero-order valence-corrected chi connectivity index (χ0v) is 18.6. The van der Waals surface area contributed by atoms with Crippen LogP contribution in [0.3, 0.4) is 0 Å². The summed E-state index contributed by atoms with van der Waals surface area (Å²) in [4.78, 5) is 9.81. The van der Waals surface area contributed by atoms with Crippen molar-refractivity contribution in [1.82, 2.24) is 9.97 Å². The lowest BCUT2D eigenvalue weighted by Crippen LogP contribution is -1.96. The van der Waals surface area contributed by atoms with E-state index in [2.05, 4.69) is 92.4 Å². The average Bonchev–Trinajstić information content (AvgIpc) is 2.89. The van der Waals surface area contributed by atoms with Crippen molar-refractivity contribution in [1.29, 1.82) is 0 Å². The predicted octanol–water partition coefficient (Wildman–Crippen LogP) is 8.10. The number of aryl methyl sites for hydroxylation is 1. The Balaban J connectivity index is 1.57. The Kier molecular flexibility index (Phi) is 5.65. The van der Waals surface area contributed by atoms with Gasteiger partial charge in [-0.25, -0.2) is 9.97 Å². The second kappa shape index (κ2) is 9.05. The number of nitrogens with zero attached hydrogens (tertiary/aromatic N) is 2. The van der Waals surface area contributed by atoms with Crippen LogP contribution in [0.1, 0.15) is 11.1 Å². The molecule has 1 heterocycles. The summed E-state index contributed by atoms with van der Waals surface area (Å²) in [5.74, 6) is 0.729. The predicted molar refractivity (Wildman–Crippen MR) is 139 cm³/mol. The fourth-order valence-electron chi connectivity index (χ4n) is 3.83. The third-order valence-corrected chi connectivity index (χ3v) is 5.77. The Labute approximate surface area is 195 Å². The molecule has 0 saturated heterocycles. The van der Waals surface area contributed by atoms with Crippen molar-refractivity contribution in [3.63, 3.8) is 0 Å². The summed E-state index contributed by atoms with van der Waals surface area (Å²) in [7, 11) is 0. The Morgan fingerprint density at radius 2 is 1.03 bits per heavy atom. The van der Waals surface area contributed by atoms with Gasteiger partial charge in [0.05, 0.1) is 11.4 Å². The monoisotopic (exact) mass is 424 g/mol. The van der Waals surface area contributed by atoms with Crippen molar-refractivity contribution in [2.24, 2.45) is 0 Å². The zero-order chi connectivity index (χ0) is 22.6. The summed E-state index contributed by atoms with van der Waals surface area (Å²) >= 11 is 0. The molecular formula is C31H24N2. The van der Waals surface area contributed by atoms with Crippen molar-refractivity contribution in [2.75, 3.05) is 0 Å². The molecule has 0 aliphatic carbocycles. The first-order chi connectivity index (χ1) is 16.2. The highest BCUT2D eigenvalue weighted by atomic mass is 14.9. The number of aromatic nitrogens is 2. The van der Waals surface area contributed by atoms with Crippen molar-refractivity contribution in [2.45, 2.75) is 6.92 Å². The van der Waals surface area contributed by atoms with Crippen LogP contribution in [0, 0.1) is 6.92 Å². The minimum atomic E-state index is 0.729. The van der Waals surface area contributed by atoms with Crippen molar-refractivity contribution >= 4 is 6.08 Å². The van der Waals surface area contributed by atoms with Crippen LogP contribution in [0.4, 0.5) is 0 Å². The average molecular weight is 425 g/mol. The minimum absolute atomic E-state index is 0.729. The molecule has 0 amide bonds. The topological polar surface area (TPSA) is 25.8 Å². The molecular weight excluding hydrogens is 400 g/mol. The van der Waals surface area contributed by atoms with Crippen LogP contribution in [-0.4, -0.2) is 9.97 Å². The fraction of sp³-hybridized carbons (Fsp3) is 0.0323. The second-order valence-corrected chi connectivity index (χ2v) is 8.10. The SMILES string of the molecule is C=Cc1ccc(-c2ccc(-c3cc(-c4ccc(C)cc4)nc(-c4ccccc4)n3)cc2)cc1. The van der Waals surface area contributed by atoms with Gasteiger partial charge in [-0.1, -0.05) is 121 Å². The van der Waals surface area contributed by atoms with Gasteiger partial charge in [-0.2, -0.15) is 0 Å². The molecule has 0 radical (unpaired) electrons. The van der Waals surface area contributed by atoms with Gasteiger partial charge in [0, 0.05) is 16.7 Å². The van der Waals surface area contributed by atoms with Crippen LogP contribution in [0.15, 0.2) is 116 Å². The van der Waals surface area contributed by atoms with E-state index in [0.717, 1.165) is 39.5 Å². The van der Waals surface area contributed by atoms with Crippen LogP contribution in [0.5, 0.6) is 0 Å². The first-order valence-electron chi connectivity index (χ1n) is 11.0. The van der Waals surface area contributed by atoms with Crippen molar-refractivity contribution < 1.29 is 0 Å². The lowest BCUT2D eigenvalue weighted by molar-refractivity contribution is 1.18. The van der Waals surface area contributed by atoms with E-state index in [1.807, 2.05) is 36.4 Å². The third-order valence-electron chi connectivity index (χ3n) is 5.77. The number of hydrogen-bond acceptors (Lipinski definition) is 2. The molecule has 4 aromatic carbocycles. The molecule has 158 valence electrons. The van der Waals surface area contributed by atoms with Crippen molar-refractivity contribution in [3.8, 4) is 45.0 Å². The van der Waals surface area contributed by atoms with E-state index in [1.54, 1.807) is 0 Å². The number of rotatable bonds is 5. The van der Waals surface area contributed by atoms with E-state index >= 15 is 0 Å². The molecule has 0 fully saturated rings. The van der Waals surface area contributed by atoms with Gasteiger partial charge < -0.3 is 0 Å². The minimum Gasteiger partial charge on any atom is -0.228 e. The number of benzene rings is 4. The maximum Gasteiger partial charge on any atom is 0.160 e. The second-order valence-electron chi connectivity index (χ2n) is 8.10. The largest absolute Gasteiger partial charge is 0.228 e. The van der Waals surface area contributed by atoms with Crippen LogP contribution < -0.4 is 0 Å². The molecule has 5 aromatic rings. The maximum absolute atomic E-state index is 4.92. The molecule has 0 aliphatic rings. The van der Waals surface area contributed by atoms with E-state index in [4.69, 9.17) is 9.97 Å². The zero-order valence-electron chi connectivity index (χ0n) is 18.6. The van der Waals surface area contributed by atoms with E-state index < -0.39 is 0 Å². The highest BCUT2D eigenvalue weighted by molar-refractivity contribution is 5.74. The third kappa shape index (κ3) is 4.51. The molecule has 2 nitrogen and oxygen atoms in total. The Bertz CT molecular complexity index is 1380. The molecule has 0 aliphatic heterocycles. The maximum atomic E-state index is 4.92. The molecule has 5 rings (SSSR count). The summed E-state index contributed by atoms with van der Waals surface area (Å²) in [6.45, 7) is 5.92. The molecule has 33 heavy (non-hydrogen) atoms. The van der Waals surface area contributed by atoms with Crippen LogP contribution >= 0.6 is 0 Å². The lowest BCUT2D eigenvalue weighted by atomic mass is 10.0. The lowest BCUT2D eigenvalue weighted by Gasteiger charge is -2.10. The Morgan fingerprint density at radius 3 is 1.58 bits per heavy atom. The van der Waals surface area contributed by atoms with Gasteiger partial charge >= 0.3 is 0 Å². The van der Waals surface area contributed by atoms with Gasteiger partial charge in [-0.15, -0.1) is 0 Å². The first-order valence-corrected chi connectivity index (χ1v) is 11.0. The molecule has 0 atom stereocenters. The molecule has 0 unspecified atom stereocenters. The Hall–Kier alpha value is -4.30. The quantitative estimate of drug-likeness (QED) is 0.285. The van der Waals surface area contributed by atoms with Crippen LogP contribution in [0.2, 0.25) is 0 Å². The van der Waals surface area contributed by atoms with Gasteiger partial charge in [0.15, 0.2) is 5.82 Å². The van der Waals surface area contributed by atoms with E-state index in [-0.39, 0.29) is 0 Å². The normalized spacial score (nSPS) is 10.7. The van der Waals surface area contributed by atoms with E-state index in [9.17, 15) is 0 Å². The smallest absolute Gasteiger partial charge is 0.160 e. The van der Waals surface area contributed by atoms with Gasteiger partial charge in [0.1, 0.15) is 0 Å². The summed E-state index contributed by atoms with van der Waals surface area (Å²) in [6.07, 6.45) is 1.86. The molecule has 0 bridgehead atoms. The van der Waals surface area contributed by atoms with Gasteiger partial charge in [-0.3, -0.25) is 0 Å². The molecule has 0 spiro atoms. The fourth-order valence-corrected chi connectivity index (χ4v) is 3.83. The highest BCUT2D eigenvalue weighted by Crippen LogP contribution is 2.29. The number of hydrogen-bond donors (Lipinski definition) is 0. The van der Waals surface area contributed by atoms with Crippen LogP contribution in [-0.2, 0) is 0 Å². The van der Waals surface area contributed by atoms with Gasteiger partial charge in [0.2, 0.25) is 0 Å². The standard InChI is InChI=1S/C31H24N2/c1-3-23-11-15-24(16-12-23)25-17-19-27(20-18-25)30-21-29(26-13-9-22(2)10-14-26)32-31(33-30)28-7-5-4-6-8-28/h3-21H,1H2,2H3. The van der Waals surface area contributed by atoms with Crippen LogP contribution in [0.25, 0.3) is 51.1 Å². The summed E-state index contributed by atoms with van der Waals surface area (Å²) in [6, 6.07) is 37.7. The Morgan fingerprint density at radius 1 is 0.545 bits per heavy atom. The van der Waals surface area contributed by atoms with E-state index in [1.165, 1.54) is 16.7 Å². The van der Waals surface area contributed by atoms with Gasteiger partial charge in [-0.05, 0) is 29.7 Å². The summed E-state index contributed by atoms with van der Waals surface area (Å²) in [5.41, 5.74) is 9.68. The molecule has 0 N–H and O–H groups in total. The molecule has 0 saturated carbocycles. The highest BCUT2D eigenvalue weighted by Gasteiger charge is 2.11. The molecule has 2 heteroatoms. The summed E-state index contributed by atoms with van der Waals surface area (Å²) in [5, 5.41) is 0. The van der Waals surface area contributed by atoms with E-state index in [0.29, 0.717) is 0 Å². The van der Waals surface area contributed by atoms with Crippen molar-refractivity contribution in [3.05, 3.63) is 127 Å². The molecule has 1 aromatic heterocycles. The van der Waals surface area contributed by atoms with Gasteiger partial charge in [0.25, 0.3) is 0 Å². The first kappa shape index (κ1) is 20.6.